The molecule has 7 heteroatoms. The lowest BCUT2D eigenvalue weighted by Crippen LogP contribution is -2.54. The number of ether oxygens (including phenoxy) is 2. The minimum absolute atomic E-state index is 0.0148. The van der Waals surface area contributed by atoms with Gasteiger partial charge in [-0.3, -0.25) is 9.59 Å². The second-order valence-electron chi connectivity index (χ2n) is 9.81. The van der Waals surface area contributed by atoms with Gasteiger partial charge in [0.25, 0.3) is 5.91 Å². The molecule has 37 heavy (non-hydrogen) atoms. The summed E-state index contributed by atoms with van der Waals surface area (Å²) in [4.78, 5) is 34.1. The lowest BCUT2D eigenvalue weighted by molar-refractivity contribution is -0.135. The molecule has 2 atom stereocenters. The van der Waals surface area contributed by atoms with E-state index in [9.17, 15) is 9.59 Å². The van der Waals surface area contributed by atoms with Gasteiger partial charge in [-0.05, 0) is 53.4 Å². The van der Waals surface area contributed by atoms with Gasteiger partial charge in [-0.15, -0.1) is 0 Å². The molecule has 0 bridgehead atoms. The summed E-state index contributed by atoms with van der Waals surface area (Å²) >= 11 is 0. The summed E-state index contributed by atoms with van der Waals surface area (Å²) in [5, 5.41) is 0. The summed E-state index contributed by atoms with van der Waals surface area (Å²) in [6.07, 6.45) is 0.705. The van der Waals surface area contributed by atoms with Crippen LogP contribution >= 0.6 is 0 Å². The molecule has 3 aliphatic heterocycles. The van der Waals surface area contributed by atoms with E-state index in [4.69, 9.17) is 9.47 Å². The van der Waals surface area contributed by atoms with Gasteiger partial charge in [0.2, 0.25) is 5.91 Å². The zero-order valence-electron chi connectivity index (χ0n) is 21.2. The van der Waals surface area contributed by atoms with Crippen molar-refractivity contribution in [1.82, 2.24) is 9.80 Å². The number of amides is 2. The van der Waals surface area contributed by atoms with Gasteiger partial charge in [0.1, 0.15) is 0 Å². The van der Waals surface area contributed by atoms with E-state index < -0.39 is 5.92 Å². The molecule has 190 valence electrons. The van der Waals surface area contributed by atoms with Crippen molar-refractivity contribution < 1.29 is 19.1 Å². The van der Waals surface area contributed by atoms with Gasteiger partial charge in [0.15, 0.2) is 11.5 Å². The molecule has 0 saturated carbocycles. The lowest BCUT2D eigenvalue weighted by Gasteiger charge is -2.47. The molecule has 2 amide bonds. The van der Waals surface area contributed by atoms with E-state index in [1.54, 1.807) is 14.2 Å². The first-order valence-corrected chi connectivity index (χ1v) is 12.8. The third-order valence-corrected chi connectivity index (χ3v) is 8.00. The maximum atomic E-state index is 14.3. The highest BCUT2D eigenvalue weighted by Crippen LogP contribution is 2.48. The first-order chi connectivity index (χ1) is 18.1. The van der Waals surface area contributed by atoms with E-state index in [-0.39, 0.29) is 17.9 Å². The first-order valence-electron chi connectivity index (χ1n) is 12.8. The zero-order valence-corrected chi connectivity index (χ0v) is 21.2. The second kappa shape index (κ2) is 9.47. The Balaban J connectivity index is 1.38. The molecule has 3 aromatic carbocycles. The molecule has 0 aromatic heterocycles. The SMILES string of the molecule is COc1cc2c(cc1OC)C1C(C(=O)N3CCN(c4ccccc4)CC3)c3ccccc3C(=O)N1CC2. The number of nitrogens with zero attached hydrogens (tertiary/aromatic N) is 3. The molecule has 1 fully saturated rings. The Kier molecular flexibility index (Phi) is 5.99. The molecule has 0 N–H and O–H groups in total. The third-order valence-electron chi connectivity index (χ3n) is 8.00. The van der Waals surface area contributed by atoms with Crippen molar-refractivity contribution in [2.24, 2.45) is 0 Å². The third kappa shape index (κ3) is 3.89. The minimum atomic E-state index is -0.477. The van der Waals surface area contributed by atoms with Crippen molar-refractivity contribution in [3.8, 4) is 11.5 Å². The molecule has 0 aliphatic carbocycles. The fourth-order valence-corrected chi connectivity index (χ4v) is 6.14. The highest BCUT2D eigenvalue weighted by atomic mass is 16.5. The summed E-state index contributed by atoms with van der Waals surface area (Å²) in [5.74, 6) is 0.854. The van der Waals surface area contributed by atoms with E-state index in [0.717, 1.165) is 29.8 Å². The van der Waals surface area contributed by atoms with Crippen molar-refractivity contribution in [2.45, 2.75) is 18.4 Å². The molecule has 7 nitrogen and oxygen atoms in total. The summed E-state index contributed by atoms with van der Waals surface area (Å²) in [5.41, 5.74) is 4.68. The number of methoxy groups -OCH3 is 2. The largest absolute Gasteiger partial charge is 0.493 e. The monoisotopic (exact) mass is 497 g/mol. The quantitative estimate of drug-likeness (QED) is 0.547. The number of carbonyl (C=O) groups is 2. The van der Waals surface area contributed by atoms with Crippen LogP contribution in [0.1, 0.15) is 39.0 Å². The predicted molar refractivity (Wildman–Crippen MR) is 141 cm³/mol. The van der Waals surface area contributed by atoms with Crippen LogP contribution in [0.2, 0.25) is 0 Å². The maximum Gasteiger partial charge on any atom is 0.254 e. The van der Waals surface area contributed by atoms with Gasteiger partial charge in [0, 0.05) is 44.0 Å². The van der Waals surface area contributed by atoms with Gasteiger partial charge in [0.05, 0.1) is 26.2 Å². The van der Waals surface area contributed by atoms with Crippen molar-refractivity contribution >= 4 is 17.5 Å². The minimum Gasteiger partial charge on any atom is -0.493 e. The van der Waals surface area contributed by atoms with E-state index in [0.29, 0.717) is 43.1 Å². The highest BCUT2D eigenvalue weighted by Gasteiger charge is 2.48. The number of piperazine rings is 1. The van der Waals surface area contributed by atoms with Gasteiger partial charge < -0.3 is 24.2 Å². The number of benzene rings is 3. The average Bonchev–Trinajstić information content (AvgIpc) is 2.96. The topological polar surface area (TPSA) is 62.3 Å². The molecule has 3 heterocycles. The van der Waals surface area contributed by atoms with Crippen molar-refractivity contribution in [3.05, 3.63) is 89.0 Å². The predicted octanol–water partition coefficient (Wildman–Crippen LogP) is 3.89. The second-order valence-corrected chi connectivity index (χ2v) is 9.81. The molecular formula is C30H31N3O4. The molecule has 0 spiro atoms. The van der Waals surface area contributed by atoms with Gasteiger partial charge in [-0.1, -0.05) is 36.4 Å². The summed E-state index contributed by atoms with van der Waals surface area (Å²) in [6.45, 7) is 3.40. The van der Waals surface area contributed by atoms with Gasteiger partial charge in [-0.2, -0.15) is 0 Å². The number of rotatable bonds is 4. The van der Waals surface area contributed by atoms with Crippen LogP contribution in [0, 0.1) is 0 Å². The Morgan fingerprint density at radius 2 is 1.49 bits per heavy atom. The van der Waals surface area contributed by atoms with E-state index in [1.807, 2.05) is 64.4 Å². The van der Waals surface area contributed by atoms with Crippen LogP contribution in [0.5, 0.6) is 11.5 Å². The fourth-order valence-electron chi connectivity index (χ4n) is 6.14. The van der Waals surface area contributed by atoms with Gasteiger partial charge >= 0.3 is 0 Å². The van der Waals surface area contributed by atoms with Gasteiger partial charge in [-0.25, -0.2) is 0 Å². The molecule has 2 unspecified atom stereocenters. The Labute approximate surface area is 217 Å². The van der Waals surface area contributed by atoms with Crippen LogP contribution in [0.4, 0.5) is 5.69 Å². The molecule has 1 saturated heterocycles. The first kappa shape index (κ1) is 23.4. The van der Waals surface area contributed by atoms with Crippen molar-refractivity contribution in [2.75, 3.05) is 51.8 Å². The Bertz CT molecular complexity index is 1330. The lowest BCUT2D eigenvalue weighted by atomic mass is 9.75. The average molecular weight is 498 g/mol. The van der Waals surface area contributed by atoms with Crippen LogP contribution in [-0.4, -0.2) is 68.6 Å². The number of carbonyl (C=O) groups excluding carboxylic acids is 2. The highest BCUT2D eigenvalue weighted by molar-refractivity contribution is 6.01. The van der Waals surface area contributed by atoms with E-state index in [2.05, 4.69) is 17.0 Å². The van der Waals surface area contributed by atoms with Crippen LogP contribution < -0.4 is 14.4 Å². The van der Waals surface area contributed by atoms with Crippen molar-refractivity contribution in [3.63, 3.8) is 0 Å². The van der Waals surface area contributed by atoms with Crippen LogP contribution in [0.25, 0.3) is 0 Å². The van der Waals surface area contributed by atoms with E-state index >= 15 is 0 Å². The summed E-state index contributed by atoms with van der Waals surface area (Å²) < 4.78 is 11.2. The van der Waals surface area contributed by atoms with Crippen LogP contribution in [-0.2, 0) is 11.2 Å². The number of hydrogen-bond donors (Lipinski definition) is 0. The molecule has 3 aromatic rings. The van der Waals surface area contributed by atoms with Crippen LogP contribution in [0.15, 0.2) is 66.7 Å². The maximum absolute atomic E-state index is 14.3. The Morgan fingerprint density at radius 1 is 0.811 bits per heavy atom. The smallest absolute Gasteiger partial charge is 0.254 e. The number of para-hydroxylation sites is 1. The summed E-state index contributed by atoms with van der Waals surface area (Å²) in [6, 6.07) is 21.5. The zero-order chi connectivity index (χ0) is 25.5. The molecule has 3 aliphatic rings. The fraction of sp³-hybridized carbons (Fsp3) is 0.333. The van der Waals surface area contributed by atoms with Crippen LogP contribution in [0.3, 0.4) is 0 Å². The number of fused-ring (bicyclic) bond motifs is 4. The molecule has 0 radical (unpaired) electrons. The normalized spacial score (nSPS) is 20.6. The molecular weight excluding hydrogens is 466 g/mol. The van der Waals surface area contributed by atoms with E-state index in [1.165, 1.54) is 5.69 Å². The Morgan fingerprint density at radius 3 is 2.22 bits per heavy atom. The Hall–Kier alpha value is -4.00. The van der Waals surface area contributed by atoms with Crippen molar-refractivity contribution in [1.29, 1.82) is 0 Å². The molecule has 6 rings (SSSR count). The number of anilines is 1. The number of hydrogen-bond acceptors (Lipinski definition) is 5. The summed E-state index contributed by atoms with van der Waals surface area (Å²) in [7, 11) is 3.24. The standard InChI is InChI=1S/C30H31N3O4/c1-36-25-18-20-12-13-33-28(24(20)19-26(25)37-2)27(22-10-6-7-11-23(22)29(33)34)30(35)32-16-14-31(15-17-32)21-8-4-3-5-9-21/h3-11,18-19,27-28H,12-17H2,1-2H3.